The third-order valence-corrected chi connectivity index (χ3v) is 4.09. The molecule has 4 nitrogen and oxygen atoms in total. The standard InChI is InChI=1S/C12H13BrN4S/c1-7-8(2)16-17-12(10(7)5-14)18-11-4-3-9(13)6-15-11/h3-4,6H,5,14H2,1-2H3. The molecule has 2 aromatic heterocycles. The summed E-state index contributed by atoms with van der Waals surface area (Å²) in [6, 6.07) is 3.89. The Morgan fingerprint density at radius 3 is 2.67 bits per heavy atom. The zero-order valence-corrected chi connectivity index (χ0v) is 12.5. The second-order valence-electron chi connectivity index (χ2n) is 3.81. The average molecular weight is 325 g/mol. The molecule has 2 heterocycles. The molecule has 2 aromatic rings. The molecule has 0 saturated carbocycles. The molecule has 6 heteroatoms. The van der Waals surface area contributed by atoms with Gasteiger partial charge in [-0.2, -0.15) is 5.10 Å². The van der Waals surface area contributed by atoms with Crippen LogP contribution in [0.2, 0.25) is 0 Å². The first-order chi connectivity index (χ1) is 8.61. The van der Waals surface area contributed by atoms with Crippen molar-refractivity contribution in [3.05, 3.63) is 39.6 Å². The van der Waals surface area contributed by atoms with Gasteiger partial charge in [0.1, 0.15) is 10.1 Å². The third kappa shape index (κ3) is 2.88. The van der Waals surface area contributed by atoms with Gasteiger partial charge in [-0.05, 0) is 59.2 Å². The molecule has 0 amide bonds. The fourth-order valence-electron chi connectivity index (χ4n) is 1.48. The van der Waals surface area contributed by atoms with E-state index in [4.69, 9.17) is 5.73 Å². The smallest absolute Gasteiger partial charge is 0.130 e. The number of nitrogens with two attached hydrogens (primary N) is 1. The van der Waals surface area contributed by atoms with Crippen LogP contribution in [0.3, 0.4) is 0 Å². The van der Waals surface area contributed by atoms with E-state index in [1.54, 1.807) is 6.20 Å². The summed E-state index contributed by atoms with van der Waals surface area (Å²) in [6.45, 7) is 4.42. The van der Waals surface area contributed by atoms with Crippen LogP contribution >= 0.6 is 27.7 Å². The summed E-state index contributed by atoms with van der Waals surface area (Å²) in [5.41, 5.74) is 8.85. The van der Waals surface area contributed by atoms with Crippen molar-refractivity contribution in [2.75, 3.05) is 0 Å². The van der Waals surface area contributed by atoms with Gasteiger partial charge in [0.25, 0.3) is 0 Å². The molecular weight excluding hydrogens is 312 g/mol. The van der Waals surface area contributed by atoms with Gasteiger partial charge in [0.05, 0.1) is 5.69 Å². The molecule has 0 saturated heterocycles. The second-order valence-corrected chi connectivity index (χ2v) is 5.74. The normalized spacial score (nSPS) is 10.7. The maximum Gasteiger partial charge on any atom is 0.130 e. The third-order valence-electron chi connectivity index (χ3n) is 2.65. The quantitative estimate of drug-likeness (QED) is 0.940. The molecule has 0 atom stereocenters. The lowest BCUT2D eigenvalue weighted by molar-refractivity contribution is 0.823. The van der Waals surface area contributed by atoms with E-state index in [0.717, 1.165) is 31.3 Å². The molecule has 0 bridgehead atoms. The Hall–Kier alpha value is -0.980. The number of halogens is 1. The Bertz CT molecular complexity index is 557. The van der Waals surface area contributed by atoms with Crippen LogP contribution in [0.5, 0.6) is 0 Å². The van der Waals surface area contributed by atoms with E-state index in [9.17, 15) is 0 Å². The Labute approximate surface area is 119 Å². The molecule has 0 fully saturated rings. The molecule has 0 radical (unpaired) electrons. The maximum absolute atomic E-state index is 5.79. The molecule has 94 valence electrons. The summed E-state index contributed by atoms with van der Waals surface area (Å²) in [7, 11) is 0. The van der Waals surface area contributed by atoms with Crippen LogP contribution in [0.25, 0.3) is 0 Å². The van der Waals surface area contributed by atoms with Crippen molar-refractivity contribution >= 4 is 27.7 Å². The van der Waals surface area contributed by atoms with E-state index in [0.29, 0.717) is 6.54 Å². The monoisotopic (exact) mass is 324 g/mol. The number of hydrogen-bond acceptors (Lipinski definition) is 5. The SMILES string of the molecule is Cc1nnc(Sc2ccc(Br)cn2)c(CN)c1C. The molecule has 0 aliphatic carbocycles. The van der Waals surface area contributed by atoms with Gasteiger partial charge in [-0.15, -0.1) is 5.10 Å². The lowest BCUT2D eigenvalue weighted by Gasteiger charge is -2.10. The number of rotatable bonds is 3. The van der Waals surface area contributed by atoms with E-state index in [1.807, 2.05) is 26.0 Å². The van der Waals surface area contributed by atoms with Gasteiger partial charge in [0.15, 0.2) is 0 Å². The summed E-state index contributed by atoms with van der Waals surface area (Å²) < 4.78 is 0.956. The molecule has 18 heavy (non-hydrogen) atoms. The number of aryl methyl sites for hydroxylation is 1. The first-order valence-corrected chi connectivity index (χ1v) is 7.05. The first kappa shape index (κ1) is 13.5. The molecule has 2 rings (SSSR count). The molecule has 0 unspecified atom stereocenters. The van der Waals surface area contributed by atoms with E-state index < -0.39 is 0 Å². The maximum atomic E-state index is 5.79. The van der Waals surface area contributed by atoms with E-state index >= 15 is 0 Å². The van der Waals surface area contributed by atoms with Gasteiger partial charge in [-0.25, -0.2) is 4.98 Å². The summed E-state index contributed by atoms with van der Waals surface area (Å²) in [4.78, 5) is 4.31. The van der Waals surface area contributed by atoms with Gasteiger partial charge < -0.3 is 5.73 Å². The zero-order valence-electron chi connectivity index (χ0n) is 10.1. The van der Waals surface area contributed by atoms with E-state index in [2.05, 4.69) is 31.1 Å². The minimum absolute atomic E-state index is 0.459. The highest BCUT2D eigenvalue weighted by atomic mass is 79.9. The van der Waals surface area contributed by atoms with Crippen molar-refractivity contribution < 1.29 is 0 Å². The Morgan fingerprint density at radius 1 is 1.28 bits per heavy atom. The van der Waals surface area contributed by atoms with Gasteiger partial charge in [-0.3, -0.25) is 0 Å². The number of hydrogen-bond donors (Lipinski definition) is 1. The summed E-state index contributed by atoms with van der Waals surface area (Å²) in [6.07, 6.45) is 1.76. The van der Waals surface area contributed by atoms with Crippen LogP contribution in [0, 0.1) is 13.8 Å². The van der Waals surface area contributed by atoms with Crippen LogP contribution in [0.4, 0.5) is 0 Å². The Morgan fingerprint density at radius 2 is 2.06 bits per heavy atom. The van der Waals surface area contributed by atoms with Gasteiger partial charge in [0.2, 0.25) is 0 Å². The molecular formula is C12H13BrN4S. The average Bonchev–Trinajstić information content (AvgIpc) is 2.37. The molecule has 2 N–H and O–H groups in total. The second kappa shape index (κ2) is 5.77. The molecule has 0 spiro atoms. The van der Waals surface area contributed by atoms with Gasteiger partial charge in [-0.1, -0.05) is 0 Å². The number of aromatic nitrogens is 3. The van der Waals surface area contributed by atoms with Crippen LogP contribution in [0.15, 0.2) is 32.9 Å². The Balaban J connectivity index is 2.34. The minimum Gasteiger partial charge on any atom is -0.326 e. The van der Waals surface area contributed by atoms with Crippen LogP contribution in [0.1, 0.15) is 16.8 Å². The van der Waals surface area contributed by atoms with Crippen molar-refractivity contribution in [3.8, 4) is 0 Å². The summed E-state index contributed by atoms with van der Waals surface area (Å²) >= 11 is 4.85. The van der Waals surface area contributed by atoms with Crippen molar-refractivity contribution in [1.29, 1.82) is 0 Å². The molecule has 0 aromatic carbocycles. The van der Waals surface area contributed by atoms with E-state index in [-0.39, 0.29) is 0 Å². The van der Waals surface area contributed by atoms with Crippen LogP contribution in [-0.4, -0.2) is 15.2 Å². The van der Waals surface area contributed by atoms with Gasteiger partial charge in [0, 0.05) is 22.8 Å². The van der Waals surface area contributed by atoms with Crippen LogP contribution < -0.4 is 5.73 Å². The highest BCUT2D eigenvalue weighted by Gasteiger charge is 2.11. The van der Waals surface area contributed by atoms with Crippen LogP contribution in [-0.2, 0) is 6.54 Å². The predicted octanol–water partition coefficient (Wildman–Crippen LogP) is 2.86. The summed E-state index contributed by atoms with van der Waals surface area (Å²) in [5, 5.41) is 10.1. The zero-order chi connectivity index (χ0) is 13.1. The topological polar surface area (TPSA) is 64.7 Å². The fraction of sp³-hybridized carbons (Fsp3) is 0.250. The fourth-order valence-corrected chi connectivity index (χ4v) is 2.59. The van der Waals surface area contributed by atoms with Crippen molar-refractivity contribution in [3.63, 3.8) is 0 Å². The largest absolute Gasteiger partial charge is 0.326 e. The highest BCUT2D eigenvalue weighted by molar-refractivity contribution is 9.10. The van der Waals surface area contributed by atoms with Crippen molar-refractivity contribution in [2.24, 2.45) is 5.73 Å². The van der Waals surface area contributed by atoms with Gasteiger partial charge >= 0.3 is 0 Å². The minimum atomic E-state index is 0.459. The highest BCUT2D eigenvalue weighted by Crippen LogP contribution is 2.29. The summed E-state index contributed by atoms with van der Waals surface area (Å²) in [5.74, 6) is 0. The lowest BCUT2D eigenvalue weighted by Crippen LogP contribution is -2.06. The predicted molar refractivity (Wildman–Crippen MR) is 75.5 cm³/mol. The van der Waals surface area contributed by atoms with Crippen molar-refractivity contribution in [1.82, 2.24) is 15.2 Å². The Kier molecular flexibility index (Phi) is 4.31. The lowest BCUT2D eigenvalue weighted by atomic mass is 10.1. The number of pyridine rings is 1. The molecule has 0 aliphatic rings. The molecule has 0 aliphatic heterocycles. The number of nitrogens with zero attached hydrogens (tertiary/aromatic N) is 3. The first-order valence-electron chi connectivity index (χ1n) is 5.44. The van der Waals surface area contributed by atoms with Crippen molar-refractivity contribution in [2.45, 2.75) is 30.4 Å². The van der Waals surface area contributed by atoms with E-state index in [1.165, 1.54) is 11.8 Å².